The standard InChI is InChI=1S/C17H26N2O2/c18-13-15(19-8-3-1-2-4-9-19)14-6-7-16-17(12-14)21-11-5-10-20-16/h6-7,12,15H,1-5,8-11,13,18H2. The summed E-state index contributed by atoms with van der Waals surface area (Å²) >= 11 is 0. The van der Waals surface area contributed by atoms with Crippen LogP contribution in [0.4, 0.5) is 0 Å². The van der Waals surface area contributed by atoms with Crippen molar-refractivity contribution >= 4 is 0 Å². The molecule has 0 saturated carbocycles. The molecule has 116 valence electrons. The highest BCUT2D eigenvalue weighted by Gasteiger charge is 2.22. The second-order valence-electron chi connectivity index (χ2n) is 5.96. The van der Waals surface area contributed by atoms with Crippen LogP contribution in [0.3, 0.4) is 0 Å². The van der Waals surface area contributed by atoms with Gasteiger partial charge < -0.3 is 15.2 Å². The Kier molecular flexibility index (Phi) is 4.99. The SMILES string of the molecule is NCC(c1ccc2c(c1)OCCCO2)N1CCCCCC1. The molecular weight excluding hydrogens is 264 g/mol. The zero-order valence-corrected chi connectivity index (χ0v) is 12.7. The summed E-state index contributed by atoms with van der Waals surface area (Å²) in [6, 6.07) is 6.61. The Morgan fingerprint density at radius 2 is 1.67 bits per heavy atom. The molecule has 4 heteroatoms. The van der Waals surface area contributed by atoms with Crippen LogP contribution in [0.15, 0.2) is 18.2 Å². The molecular formula is C17H26N2O2. The maximum atomic E-state index is 6.08. The van der Waals surface area contributed by atoms with Gasteiger partial charge in [-0.3, -0.25) is 4.90 Å². The Balaban J connectivity index is 1.81. The average molecular weight is 290 g/mol. The molecule has 2 heterocycles. The predicted octanol–water partition coefficient (Wildman–Crippen LogP) is 2.72. The van der Waals surface area contributed by atoms with E-state index >= 15 is 0 Å². The van der Waals surface area contributed by atoms with Gasteiger partial charge in [-0.05, 0) is 43.6 Å². The molecule has 0 bridgehead atoms. The van der Waals surface area contributed by atoms with Crippen LogP contribution in [0.1, 0.15) is 43.7 Å². The second kappa shape index (κ2) is 7.14. The average Bonchev–Trinajstić information content (AvgIpc) is 2.90. The van der Waals surface area contributed by atoms with Gasteiger partial charge in [-0.1, -0.05) is 18.9 Å². The Morgan fingerprint density at radius 1 is 0.952 bits per heavy atom. The van der Waals surface area contributed by atoms with Crippen LogP contribution in [0, 0.1) is 0 Å². The summed E-state index contributed by atoms with van der Waals surface area (Å²) in [4.78, 5) is 2.53. The number of likely N-dealkylation sites (tertiary alicyclic amines) is 1. The number of nitrogens with zero attached hydrogens (tertiary/aromatic N) is 1. The van der Waals surface area contributed by atoms with E-state index < -0.39 is 0 Å². The first-order chi connectivity index (χ1) is 10.4. The lowest BCUT2D eigenvalue weighted by Gasteiger charge is -2.30. The van der Waals surface area contributed by atoms with Gasteiger partial charge in [-0.2, -0.15) is 0 Å². The topological polar surface area (TPSA) is 47.7 Å². The van der Waals surface area contributed by atoms with E-state index in [1.54, 1.807) is 0 Å². The predicted molar refractivity (Wildman–Crippen MR) is 83.9 cm³/mol. The van der Waals surface area contributed by atoms with Crippen molar-refractivity contribution in [1.29, 1.82) is 0 Å². The normalized spacial score (nSPS) is 21.4. The monoisotopic (exact) mass is 290 g/mol. The molecule has 4 nitrogen and oxygen atoms in total. The van der Waals surface area contributed by atoms with Gasteiger partial charge in [0.25, 0.3) is 0 Å². The molecule has 1 aromatic rings. The van der Waals surface area contributed by atoms with E-state index in [4.69, 9.17) is 15.2 Å². The van der Waals surface area contributed by atoms with Crippen LogP contribution in [0.25, 0.3) is 0 Å². The highest BCUT2D eigenvalue weighted by Crippen LogP contribution is 2.34. The minimum atomic E-state index is 0.292. The lowest BCUT2D eigenvalue weighted by atomic mass is 10.0. The van der Waals surface area contributed by atoms with E-state index in [-0.39, 0.29) is 0 Å². The maximum absolute atomic E-state index is 6.08. The van der Waals surface area contributed by atoms with E-state index in [0.717, 1.165) is 44.2 Å². The first-order valence-electron chi connectivity index (χ1n) is 8.22. The van der Waals surface area contributed by atoms with Crippen molar-refractivity contribution in [2.24, 2.45) is 5.73 Å². The third-order valence-electron chi connectivity index (χ3n) is 4.46. The summed E-state index contributed by atoms with van der Waals surface area (Å²) in [5.41, 5.74) is 7.33. The lowest BCUT2D eigenvalue weighted by Crippen LogP contribution is -2.34. The van der Waals surface area contributed by atoms with Gasteiger partial charge in [-0.15, -0.1) is 0 Å². The van der Waals surface area contributed by atoms with Gasteiger partial charge in [-0.25, -0.2) is 0 Å². The minimum Gasteiger partial charge on any atom is -0.490 e. The minimum absolute atomic E-state index is 0.292. The summed E-state index contributed by atoms with van der Waals surface area (Å²) in [5, 5.41) is 0. The van der Waals surface area contributed by atoms with Crippen molar-refractivity contribution in [2.45, 2.75) is 38.1 Å². The Bertz CT molecular complexity index is 456. The summed E-state index contributed by atoms with van der Waals surface area (Å²) in [5.74, 6) is 1.74. The molecule has 1 fully saturated rings. The van der Waals surface area contributed by atoms with Crippen molar-refractivity contribution in [1.82, 2.24) is 4.90 Å². The van der Waals surface area contributed by atoms with E-state index in [0.29, 0.717) is 12.6 Å². The van der Waals surface area contributed by atoms with Crippen LogP contribution in [0.2, 0.25) is 0 Å². The summed E-state index contributed by atoms with van der Waals surface area (Å²) in [7, 11) is 0. The Labute approximate surface area is 127 Å². The molecule has 1 aromatic carbocycles. The number of hydrogen-bond acceptors (Lipinski definition) is 4. The van der Waals surface area contributed by atoms with Crippen LogP contribution in [0.5, 0.6) is 11.5 Å². The lowest BCUT2D eigenvalue weighted by molar-refractivity contribution is 0.209. The molecule has 21 heavy (non-hydrogen) atoms. The van der Waals surface area contributed by atoms with Crippen LogP contribution in [-0.2, 0) is 0 Å². The Hall–Kier alpha value is -1.26. The summed E-state index contributed by atoms with van der Waals surface area (Å²) < 4.78 is 11.5. The van der Waals surface area contributed by atoms with Gasteiger partial charge in [0.05, 0.1) is 13.2 Å². The van der Waals surface area contributed by atoms with Gasteiger partial charge in [0, 0.05) is 19.0 Å². The van der Waals surface area contributed by atoms with E-state index in [1.807, 2.05) is 6.07 Å². The molecule has 0 amide bonds. The van der Waals surface area contributed by atoms with Crippen molar-refractivity contribution < 1.29 is 9.47 Å². The molecule has 1 atom stereocenters. The third kappa shape index (κ3) is 3.50. The summed E-state index contributed by atoms with van der Waals surface area (Å²) in [6.07, 6.45) is 6.18. The summed E-state index contributed by atoms with van der Waals surface area (Å²) in [6.45, 7) is 4.42. The van der Waals surface area contributed by atoms with Crippen LogP contribution < -0.4 is 15.2 Å². The smallest absolute Gasteiger partial charge is 0.161 e. The fourth-order valence-corrected chi connectivity index (χ4v) is 3.29. The molecule has 2 N–H and O–H groups in total. The van der Waals surface area contributed by atoms with Gasteiger partial charge in [0.2, 0.25) is 0 Å². The van der Waals surface area contributed by atoms with Crippen LogP contribution >= 0.6 is 0 Å². The second-order valence-corrected chi connectivity index (χ2v) is 5.96. The van der Waals surface area contributed by atoms with E-state index in [2.05, 4.69) is 17.0 Å². The van der Waals surface area contributed by atoms with Crippen molar-refractivity contribution in [3.63, 3.8) is 0 Å². The molecule has 0 aromatic heterocycles. The van der Waals surface area contributed by atoms with Crippen molar-refractivity contribution in [2.75, 3.05) is 32.8 Å². The molecule has 1 saturated heterocycles. The zero-order chi connectivity index (χ0) is 14.5. The fourth-order valence-electron chi connectivity index (χ4n) is 3.29. The zero-order valence-electron chi connectivity index (χ0n) is 12.7. The largest absolute Gasteiger partial charge is 0.490 e. The molecule has 0 radical (unpaired) electrons. The number of hydrogen-bond donors (Lipinski definition) is 1. The molecule has 1 unspecified atom stereocenters. The molecule has 2 aliphatic rings. The molecule has 0 aliphatic carbocycles. The molecule has 3 rings (SSSR count). The number of rotatable bonds is 3. The quantitative estimate of drug-likeness (QED) is 0.930. The van der Waals surface area contributed by atoms with Gasteiger partial charge in [0.1, 0.15) is 0 Å². The van der Waals surface area contributed by atoms with Crippen LogP contribution in [-0.4, -0.2) is 37.7 Å². The number of benzene rings is 1. The number of nitrogens with two attached hydrogens (primary N) is 1. The first kappa shape index (κ1) is 14.7. The maximum Gasteiger partial charge on any atom is 0.161 e. The molecule has 2 aliphatic heterocycles. The number of ether oxygens (including phenoxy) is 2. The highest BCUT2D eigenvalue weighted by molar-refractivity contribution is 5.44. The highest BCUT2D eigenvalue weighted by atomic mass is 16.5. The number of fused-ring (bicyclic) bond motifs is 1. The van der Waals surface area contributed by atoms with Crippen molar-refractivity contribution in [3.8, 4) is 11.5 Å². The van der Waals surface area contributed by atoms with Crippen molar-refractivity contribution in [3.05, 3.63) is 23.8 Å². The molecule has 0 spiro atoms. The van der Waals surface area contributed by atoms with Gasteiger partial charge in [0.15, 0.2) is 11.5 Å². The Morgan fingerprint density at radius 3 is 2.38 bits per heavy atom. The van der Waals surface area contributed by atoms with E-state index in [9.17, 15) is 0 Å². The fraction of sp³-hybridized carbons (Fsp3) is 0.647. The van der Waals surface area contributed by atoms with Gasteiger partial charge >= 0.3 is 0 Å². The van der Waals surface area contributed by atoms with E-state index in [1.165, 1.54) is 31.2 Å². The first-order valence-corrected chi connectivity index (χ1v) is 8.22. The third-order valence-corrected chi connectivity index (χ3v) is 4.46.